The number of nitriles is 1. The van der Waals surface area contributed by atoms with Crippen molar-refractivity contribution in [2.75, 3.05) is 20.2 Å². The highest BCUT2D eigenvalue weighted by molar-refractivity contribution is 5.93. The van der Waals surface area contributed by atoms with Crippen molar-refractivity contribution in [2.45, 2.75) is 58.7 Å². The van der Waals surface area contributed by atoms with Crippen LogP contribution >= 0.6 is 0 Å². The number of nitrogens with one attached hydrogen (secondary N) is 2. The molecular weight excluding hydrogens is 516 g/mol. The van der Waals surface area contributed by atoms with Gasteiger partial charge in [0.05, 0.1) is 13.2 Å². The van der Waals surface area contributed by atoms with Crippen LogP contribution in [0.15, 0.2) is 42.5 Å². The molecule has 2 aromatic rings. The lowest BCUT2D eigenvalue weighted by Crippen LogP contribution is -2.54. The second-order valence-corrected chi connectivity index (χ2v) is 10.2. The highest BCUT2D eigenvalue weighted by Crippen LogP contribution is 2.27. The fraction of sp³-hybridized carbons (Fsp3) is 0.414. The van der Waals surface area contributed by atoms with Crippen LogP contribution in [-0.2, 0) is 30.3 Å². The molecule has 0 aromatic heterocycles. The first-order chi connectivity index (χ1) is 18.8. The first-order valence-corrected chi connectivity index (χ1v) is 12.6. The van der Waals surface area contributed by atoms with Gasteiger partial charge >= 0.3 is 12.1 Å². The molecule has 0 saturated heterocycles. The zero-order valence-corrected chi connectivity index (χ0v) is 23.6. The standard InChI is InChI=1S/C29H36N4O7/c1-18-8-7-9-22(19(18)2)25(26(36)31-17-24(35)39-6)33(15-14-30)27(37)23(32-28(38)40-29(3,4)5)16-20-10-12-21(34)13-11-20/h7-13,23,25,34H,15-17H2,1-6H3,(H,31,36)(H,32,38). The molecule has 40 heavy (non-hydrogen) atoms. The largest absolute Gasteiger partial charge is 0.508 e. The second kappa shape index (κ2) is 14.0. The Labute approximate surface area is 234 Å². The van der Waals surface area contributed by atoms with Gasteiger partial charge in [-0.05, 0) is 69.0 Å². The minimum Gasteiger partial charge on any atom is -0.508 e. The summed E-state index contributed by atoms with van der Waals surface area (Å²) in [6.45, 7) is 7.71. The Hall–Kier alpha value is -4.59. The third kappa shape index (κ3) is 9.01. The molecule has 0 spiro atoms. The molecule has 0 radical (unpaired) electrons. The maximum absolute atomic E-state index is 14.1. The fourth-order valence-electron chi connectivity index (χ4n) is 3.94. The van der Waals surface area contributed by atoms with Gasteiger partial charge in [-0.15, -0.1) is 0 Å². The van der Waals surface area contributed by atoms with Crippen LogP contribution in [0, 0.1) is 25.2 Å². The van der Waals surface area contributed by atoms with Crippen LogP contribution < -0.4 is 10.6 Å². The molecule has 0 bridgehead atoms. The summed E-state index contributed by atoms with van der Waals surface area (Å²) in [6.07, 6.45) is -0.885. The summed E-state index contributed by atoms with van der Waals surface area (Å²) in [5, 5.41) is 24.4. The zero-order valence-electron chi connectivity index (χ0n) is 23.6. The number of rotatable bonds is 10. The summed E-state index contributed by atoms with van der Waals surface area (Å²) < 4.78 is 9.98. The number of carbonyl (C=O) groups excluding carboxylic acids is 4. The number of phenolic OH excluding ortho intramolecular Hbond substituents is 1. The van der Waals surface area contributed by atoms with Gasteiger partial charge in [0.1, 0.15) is 36.5 Å². The molecule has 3 amide bonds. The number of nitrogens with zero attached hydrogens (tertiary/aromatic N) is 2. The lowest BCUT2D eigenvalue weighted by atomic mass is 9.94. The lowest BCUT2D eigenvalue weighted by molar-refractivity contribution is -0.144. The van der Waals surface area contributed by atoms with Crippen LogP contribution in [0.25, 0.3) is 0 Å². The molecule has 0 aliphatic rings. The number of esters is 1. The molecule has 0 saturated carbocycles. The number of aryl methyl sites for hydroxylation is 1. The number of carbonyl (C=O) groups is 4. The molecule has 11 heteroatoms. The van der Waals surface area contributed by atoms with Crippen LogP contribution in [0.2, 0.25) is 0 Å². The number of phenols is 1. The number of benzene rings is 2. The molecule has 214 valence electrons. The van der Waals surface area contributed by atoms with Gasteiger partial charge in [-0.1, -0.05) is 30.3 Å². The third-order valence-electron chi connectivity index (χ3n) is 6.03. The quantitative estimate of drug-likeness (QED) is 0.300. The summed E-state index contributed by atoms with van der Waals surface area (Å²) in [4.78, 5) is 53.2. The average molecular weight is 553 g/mol. The van der Waals surface area contributed by atoms with E-state index in [0.717, 1.165) is 10.5 Å². The van der Waals surface area contributed by atoms with Crippen molar-refractivity contribution in [1.29, 1.82) is 5.26 Å². The minimum absolute atomic E-state index is 0.0232. The van der Waals surface area contributed by atoms with Gasteiger partial charge in [-0.3, -0.25) is 14.4 Å². The number of hydrogen-bond donors (Lipinski definition) is 3. The maximum atomic E-state index is 14.1. The molecule has 0 heterocycles. The first-order valence-electron chi connectivity index (χ1n) is 12.6. The minimum atomic E-state index is -1.31. The summed E-state index contributed by atoms with van der Waals surface area (Å²) in [5.74, 6) is -2.10. The predicted molar refractivity (Wildman–Crippen MR) is 146 cm³/mol. The molecule has 2 unspecified atom stereocenters. The van der Waals surface area contributed by atoms with Crippen LogP contribution in [0.3, 0.4) is 0 Å². The maximum Gasteiger partial charge on any atom is 0.408 e. The molecular formula is C29H36N4O7. The third-order valence-corrected chi connectivity index (χ3v) is 6.03. The van der Waals surface area contributed by atoms with Crippen molar-refractivity contribution in [3.8, 4) is 11.8 Å². The molecule has 0 aliphatic carbocycles. The SMILES string of the molecule is COC(=O)CNC(=O)C(c1cccc(C)c1C)N(CC#N)C(=O)C(Cc1ccc(O)cc1)NC(=O)OC(C)(C)C. The van der Waals surface area contributed by atoms with Gasteiger partial charge in [0.25, 0.3) is 0 Å². The van der Waals surface area contributed by atoms with Gasteiger partial charge in [0.2, 0.25) is 11.8 Å². The molecule has 2 atom stereocenters. The topological polar surface area (TPSA) is 158 Å². The normalized spacial score (nSPS) is 12.3. The molecule has 3 N–H and O–H groups in total. The molecule has 0 fully saturated rings. The van der Waals surface area contributed by atoms with Crippen molar-refractivity contribution in [2.24, 2.45) is 0 Å². The Morgan fingerprint density at radius 3 is 2.30 bits per heavy atom. The zero-order chi connectivity index (χ0) is 30.0. The van der Waals surface area contributed by atoms with E-state index in [4.69, 9.17) is 4.74 Å². The Morgan fingerprint density at radius 2 is 1.73 bits per heavy atom. The van der Waals surface area contributed by atoms with Gasteiger partial charge in [0.15, 0.2) is 0 Å². The van der Waals surface area contributed by atoms with Crippen molar-refractivity contribution >= 4 is 23.9 Å². The van der Waals surface area contributed by atoms with E-state index in [1.807, 2.05) is 19.1 Å². The monoisotopic (exact) mass is 552 g/mol. The average Bonchev–Trinajstić information content (AvgIpc) is 2.88. The van der Waals surface area contributed by atoms with E-state index in [0.29, 0.717) is 16.7 Å². The van der Waals surface area contributed by atoms with Crippen molar-refractivity contribution < 1.29 is 33.8 Å². The lowest BCUT2D eigenvalue weighted by Gasteiger charge is -2.33. The Morgan fingerprint density at radius 1 is 1.07 bits per heavy atom. The first kappa shape index (κ1) is 31.6. The van der Waals surface area contributed by atoms with E-state index in [1.54, 1.807) is 52.0 Å². The highest BCUT2D eigenvalue weighted by atomic mass is 16.6. The summed E-state index contributed by atoms with van der Waals surface area (Å²) in [6, 6.07) is 10.7. The van der Waals surface area contributed by atoms with E-state index < -0.39 is 54.7 Å². The van der Waals surface area contributed by atoms with E-state index in [1.165, 1.54) is 19.2 Å². The second-order valence-electron chi connectivity index (χ2n) is 10.2. The summed E-state index contributed by atoms with van der Waals surface area (Å²) >= 11 is 0. The number of aromatic hydroxyl groups is 1. The molecule has 2 rings (SSSR count). The smallest absolute Gasteiger partial charge is 0.408 e. The van der Waals surface area contributed by atoms with Crippen LogP contribution in [0.1, 0.15) is 49.1 Å². The fourth-order valence-corrected chi connectivity index (χ4v) is 3.94. The molecule has 11 nitrogen and oxygen atoms in total. The molecule has 2 aromatic carbocycles. The van der Waals surface area contributed by atoms with Crippen molar-refractivity contribution in [3.63, 3.8) is 0 Å². The van der Waals surface area contributed by atoms with Gasteiger partial charge in [-0.25, -0.2) is 4.79 Å². The number of hydrogen-bond acceptors (Lipinski definition) is 8. The van der Waals surface area contributed by atoms with E-state index >= 15 is 0 Å². The van der Waals surface area contributed by atoms with Crippen LogP contribution in [-0.4, -0.2) is 65.7 Å². The van der Waals surface area contributed by atoms with Crippen molar-refractivity contribution in [3.05, 3.63) is 64.7 Å². The van der Waals surface area contributed by atoms with Crippen molar-refractivity contribution in [1.82, 2.24) is 15.5 Å². The number of amides is 3. The summed E-state index contributed by atoms with van der Waals surface area (Å²) in [7, 11) is 1.18. The van der Waals surface area contributed by atoms with Gasteiger partial charge in [0, 0.05) is 6.42 Å². The summed E-state index contributed by atoms with van der Waals surface area (Å²) in [5.41, 5.74) is 1.76. The number of methoxy groups -OCH3 is 1. The Balaban J connectivity index is 2.58. The van der Waals surface area contributed by atoms with E-state index in [2.05, 4.69) is 15.4 Å². The predicted octanol–water partition coefficient (Wildman–Crippen LogP) is 2.83. The Bertz CT molecular complexity index is 1260. The van der Waals surface area contributed by atoms with Gasteiger partial charge < -0.3 is 30.1 Å². The van der Waals surface area contributed by atoms with Crippen LogP contribution in [0.5, 0.6) is 5.75 Å². The Kier molecular flexibility index (Phi) is 11.1. The molecule has 0 aliphatic heterocycles. The number of alkyl carbamates (subject to hydrolysis) is 1. The number of ether oxygens (including phenoxy) is 2. The van der Waals surface area contributed by atoms with Crippen LogP contribution in [0.4, 0.5) is 4.79 Å². The van der Waals surface area contributed by atoms with Gasteiger partial charge in [-0.2, -0.15) is 5.26 Å². The van der Waals surface area contributed by atoms with E-state index in [9.17, 15) is 29.5 Å². The highest BCUT2D eigenvalue weighted by Gasteiger charge is 2.37. The van der Waals surface area contributed by atoms with E-state index in [-0.39, 0.29) is 12.2 Å².